The number of carbonyl (C=O) groups is 1. The van der Waals surface area contributed by atoms with Crippen molar-refractivity contribution in [1.29, 1.82) is 0 Å². The first kappa shape index (κ1) is 14.9. The molecule has 2 rings (SSSR count). The molecule has 0 radical (unpaired) electrons. The molecule has 0 saturated carbocycles. The van der Waals surface area contributed by atoms with Crippen LogP contribution in [-0.2, 0) is 21.1 Å². The Kier molecular flexibility index (Phi) is 4.08. The molecule has 110 valence electrons. The smallest absolute Gasteiger partial charge is 0.303 e. The molecule has 1 saturated heterocycles. The van der Waals surface area contributed by atoms with Gasteiger partial charge in [0.1, 0.15) is 5.82 Å². The Balaban J connectivity index is 2.24. The minimum atomic E-state index is -2.96. The molecule has 1 aromatic rings. The number of rotatable bonds is 4. The van der Waals surface area contributed by atoms with Gasteiger partial charge in [0.15, 0.2) is 9.84 Å². The van der Waals surface area contributed by atoms with Crippen molar-refractivity contribution in [2.45, 2.75) is 39.0 Å². The Morgan fingerprint density at radius 3 is 2.35 bits per heavy atom. The number of sulfone groups is 1. The van der Waals surface area contributed by atoms with Gasteiger partial charge in [0.05, 0.1) is 11.5 Å². The molecule has 1 aromatic heterocycles. The lowest BCUT2D eigenvalue weighted by Crippen LogP contribution is -2.12. The summed E-state index contributed by atoms with van der Waals surface area (Å²) in [6.45, 7) is 3.64. The van der Waals surface area contributed by atoms with Crippen molar-refractivity contribution >= 4 is 15.8 Å². The summed E-state index contributed by atoms with van der Waals surface area (Å²) < 4.78 is 23.0. The summed E-state index contributed by atoms with van der Waals surface area (Å²) >= 11 is 0. The van der Waals surface area contributed by atoms with E-state index in [2.05, 4.69) is 9.97 Å². The van der Waals surface area contributed by atoms with Crippen molar-refractivity contribution in [1.82, 2.24) is 9.97 Å². The predicted octanol–water partition coefficient (Wildman–Crippen LogP) is 1.01. The number of aliphatic carboxylic acids is 1. The molecule has 7 heteroatoms. The van der Waals surface area contributed by atoms with Crippen LogP contribution in [0.15, 0.2) is 0 Å². The fourth-order valence-corrected chi connectivity index (χ4v) is 4.28. The number of aryl methyl sites for hydroxylation is 2. The van der Waals surface area contributed by atoms with Gasteiger partial charge in [-0.05, 0) is 32.3 Å². The van der Waals surface area contributed by atoms with Crippen LogP contribution >= 0.6 is 0 Å². The lowest BCUT2D eigenvalue weighted by Gasteiger charge is -2.13. The molecule has 20 heavy (non-hydrogen) atoms. The highest BCUT2D eigenvalue weighted by atomic mass is 32.2. The molecule has 1 atom stereocenters. The quantitative estimate of drug-likeness (QED) is 0.891. The third-order valence-corrected chi connectivity index (χ3v) is 5.39. The van der Waals surface area contributed by atoms with Gasteiger partial charge in [0.25, 0.3) is 0 Å². The van der Waals surface area contributed by atoms with Gasteiger partial charge < -0.3 is 5.11 Å². The highest BCUT2D eigenvalue weighted by Crippen LogP contribution is 2.27. The Bertz CT molecular complexity index is 617. The molecular formula is C13H18N2O4S. The Morgan fingerprint density at radius 2 is 1.90 bits per heavy atom. The number of carboxylic acids is 1. The van der Waals surface area contributed by atoms with E-state index in [1.54, 1.807) is 0 Å². The zero-order chi connectivity index (χ0) is 14.9. The van der Waals surface area contributed by atoms with Crippen LogP contribution < -0.4 is 0 Å². The molecule has 6 nitrogen and oxygen atoms in total. The summed E-state index contributed by atoms with van der Waals surface area (Å²) in [6.07, 6.45) is 1.01. The second-order valence-electron chi connectivity index (χ2n) is 5.22. The minimum Gasteiger partial charge on any atom is -0.481 e. The van der Waals surface area contributed by atoms with Crippen LogP contribution in [0.2, 0.25) is 0 Å². The topological polar surface area (TPSA) is 97.2 Å². The van der Waals surface area contributed by atoms with Crippen molar-refractivity contribution in [2.24, 2.45) is 0 Å². The van der Waals surface area contributed by atoms with Crippen molar-refractivity contribution in [2.75, 3.05) is 11.5 Å². The normalized spacial score (nSPS) is 21.0. The molecule has 1 unspecified atom stereocenters. The number of hydrogen-bond donors (Lipinski definition) is 1. The number of nitrogens with zero attached hydrogens (tertiary/aromatic N) is 2. The summed E-state index contributed by atoms with van der Waals surface area (Å²) in [6, 6.07) is 0. The molecule has 0 bridgehead atoms. The van der Waals surface area contributed by atoms with E-state index in [0.29, 0.717) is 18.7 Å². The average molecular weight is 298 g/mol. The molecule has 0 amide bonds. The summed E-state index contributed by atoms with van der Waals surface area (Å²) in [5, 5.41) is 8.73. The molecule has 0 spiro atoms. The lowest BCUT2D eigenvalue weighted by atomic mass is 10.0. The van der Waals surface area contributed by atoms with E-state index < -0.39 is 15.8 Å². The standard InChI is InChI=1S/C13H18N2O4S/c1-8-11(3-4-12(16)17)9(2)15-13(14-8)10-5-6-20(18,19)7-10/h10H,3-7H2,1-2H3,(H,16,17). The highest BCUT2D eigenvalue weighted by Gasteiger charge is 2.31. The van der Waals surface area contributed by atoms with Gasteiger partial charge in [-0.3, -0.25) is 4.79 Å². The zero-order valence-electron chi connectivity index (χ0n) is 11.6. The average Bonchev–Trinajstić information content (AvgIpc) is 2.68. The van der Waals surface area contributed by atoms with Crippen LogP contribution in [0.5, 0.6) is 0 Å². The molecule has 1 fully saturated rings. The third kappa shape index (κ3) is 3.33. The van der Waals surface area contributed by atoms with E-state index in [0.717, 1.165) is 17.0 Å². The van der Waals surface area contributed by atoms with E-state index in [9.17, 15) is 13.2 Å². The maximum Gasteiger partial charge on any atom is 0.303 e. The minimum absolute atomic E-state index is 0.0438. The summed E-state index contributed by atoms with van der Waals surface area (Å²) in [4.78, 5) is 19.4. The van der Waals surface area contributed by atoms with Gasteiger partial charge in [0.2, 0.25) is 0 Å². The maximum atomic E-state index is 11.5. The zero-order valence-corrected chi connectivity index (χ0v) is 12.4. The fourth-order valence-electron chi connectivity index (χ4n) is 2.54. The summed E-state index contributed by atoms with van der Waals surface area (Å²) in [7, 11) is -2.96. The fraction of sp³-hybridized carbons (Fsp3) is 0.615. The number of aromatic nitrogens is 2. The van der Waals surface area contributed by atoms with Gasteiger partial charge in [-0.25, -0.2) is 18.4 Å². The SMILES string of the molecule is Cc1nc(C2CCS(=O)(=O)C2)nc(C)c1CCC(=O)O. The number of hydrogen-bond acceptors (Lipinski definition) is 5. The summed E-state index contributed by atoms with van der Waals surface area (Å²) in [5.41, 5.74) is 2.34. The molecular weight excluding hydrogens is 280 g/mol. The van der Waals surface area contributed by atoms with Crippen LogP contribution in [0.3, 0.4) is 0 Å². The van der Waals surface area contributed by atoms with Crippen LogP contribution in [0.4, 0.5) is 0 Å². The molecule has 2 heterocycles. The van der Waals surface area contributed by atoms with Crippen LogP contribution in [-0.4, -0.2) is 41.0 Å². The van der Waals surface area contributed by atoms with Crippen molar-refractivity contribution in [3.63, 3.8) is 0 Å². The van der Waals surface area contributed by atoms with E-state index in [1.165, 1.54) is 0 Å². The van der Waals surface area contributed by atoms with E-state index in [-0.39, 0.29) is 23.8 Å². The van der Waals surface area contributed by atoms with E-state index in [1.807, 2.05) is 13.8 Å². The van der Waals surface area contributed by atoms with Crippen molar-refractivity contribution in [3.8, 4) is 0 Å². The predicted molar refractivity (Wildman–Crippen MR) is 73.5 cm³/mol. The Morgan fingerprint density at radius 1 is 1.30 bits per heavy atom. The van der Waals surface area contributed by atoms with Gasteiger partial charge in [-0.15, -0.1) is 0 Å². The first-order chi connectivity index (χ1) is 9.28. The first-order valence-electron chi connectivity index (χ1n) is 6.55. The van der Waals surface area contributed by atoms with E-state index in [4.69, 9.17) is 5.11 Å². The maximum absolute atomic E-state index is 11.5. The Labute approximate surface area is 118 Å². The Hall–Kier alpha value is -1.50. The molecule has 1 aliphatic heterocycles. The van der Waals surface area contributed by atoms with Gasteiger partial charge in [0, 0.05) is 23.7 Å². The van der Waals surface area contributed by atoms with Crippen LogP contribution in [0, 0.1) is 13.8 Å². The van der Waals surface area contributed by atoms with Crippen LogP contribution in [0.1, 0.15) is 41.5 Å². The van der Waals surface area contributed by atoms with Gasteiger partial charge >= 0.3 is 5.97 Å². The number of carboxylic acid groups (broad SMARTS) is 1. The second-order valence-corrected chi connectivity index (χ2v) is 7.45. The van der Waals surface area contributed by atoms with Gasteiger partial charge in [-0.1, -0.05) is 0 Å². The molecule has 0 aliphatic carbocycles. The molecule has 1 N–H and O–H groups in total. The summed E-state index contributed by atoms with van der Waals surface area (Å²) in [5.74, 6) is -0.110. The van der Waals surface area contributed by atoms with Crippen molar-refractivity contribution < 1.29 is 18.3 Å². The first-order valence-corrected chi connectivity index (χ1v) is 8.37. The second kappa shape index (κ2) is 5.47. The van der Waals surface area contributed by atoms with Crippen molar-refractivity contribution in [3.05, 3.63) is 22.8 Å². The van der Waals surface area contributed by atoms with E-state index >= 15 is 0 Å². The van der Waals surface area contributed by atoms with Crippen LogP contribution in [0.25, 0.3) is 0 Å². The largest absolute Gasteiger partial charge is 0.481 e. The third-order valence-electron chi connectivity index (χ3n) is 3.62. The highest BCUT2D eigenvalue weighted by molar-refractivity contribution is 7.91. The molecule has 1 aliphatic rings. The molecule has 0 aromatic carbocycles. The monoisotopic (exact) mass is 298 g/mol. The lowest BCUT2D eigenvalue weighted by molar-refractivity contribution is -0.136. The van der Waals surface area contributed by atoms with Gasteiger partial charge in [-0.2, -0.15) is 0 Å².